The number of ether oxygens (including phenoxy) is 1. The van der Waals surface area contributed by atoms with Crippen LogP contribution in [0.25, 0.3) is 0 Å². The second kappa shape index (κ2) is 6.71. The van der Waals surface area contributed by atoms with Crippen molar-refractivity contribution < 1.29 is 14.6 Å². The van der Waals surface area contributed by atoms with E-state index in [0.29, 0.717) is 24.0 Å². The average Bonchev–Trinajstić information content (AvgIpc) is 2.53. The summed E-state index contributed by atoms with van der Waals surface area (Å²) in [7, 11) is 0. The van der Waals surface area contributed by atoms with Gasteiger partial charge in [-0.15, -0.1) is 0 Å². The molecule has 3 N–H and O–H groups in total. The lowest BCUT2D eigenvalue weighted by Crippen LogP contribution is -2.36. The third-order valence-corrected chi connectivity index (χ3v) is 4.95. The Morgan fingerprint density at radius 1 is 1.35 bits per heavy atom. The summed E-state index contributed by atoms with van der Waals surface area (Å²) in [6.07, 6.45) is 6.26. The number of carboxylic acids is 1. The van der Waals surface area contributed by atoms with Crippen molar-refractivity contribution in [1.82, 2.24) is 0 Å². The van der Waals surface area contributed by atoms with Gasteiger partial charge in [0.2, 0.25) is 0 Å². The van der Waals surface area contributed by atoms with E-state index >= 15 is 0 Å². The molecule has 2 unspecified atom stereocenters. The van der Waals surface area contributed by atoms with Crippen LogP contribution in [0, 0.1) is 11.8 Å². The Kier molecular flexibility index (Phi) is 4.66. The van der Waals surface area contributed by atoms with Gasteiger partial charge in [0, 0.05) is 11.3 Å². The first kappa shape index (κ1) is 16.0. The van der Waals surface area contributed by atoms with Gasteiger partial charge in [0.05, 0.1) is 18.3 Å². The van der Waals surface area contributed by atoms with Crippen LogP contribution >= 0.6 is 0 Å². The molecule has 124 valence electrons. The largest absolute Gasteiger partial charge is 0.493 e. The monoisotopic (exact) mass is 316 g/mol. The predicted octanol–water partition coefficient (Wildman–Crippen LogP) is 3.45. The van der Waals surface area contributed by atoms with Gasteiger partial charge < -0.3 is 15.6 Å². The van der Waals surface area contributed by atoms with E-state index in [1.807, 2.05) is 18.2 Å². The van der Waals surface area contributed by atoms with Crippen molar-refractivity contribution in [2.75, 3.05) is 6.61 Å². The lowest BCUT2D eigenvalue weighted by atomic mass is 9.86. The minimum absolute atomic E-state index is 0.543. The van der Waals surface area contributed by atoms with Crippen LogP contribution in [-0.4, -0.2) is 23.4 Å². The lowest BCUT2D eigenvalue weighted by Gasteiger charge is -2.29. The molecule has 0 spiro atoms. The van der Waals surface area contributed by atoms with Gasteiger partial charge in [0.15, 0.2) is 0 Å². The normalized spacial score (nSPS) is 24.7. The summed E-state index contributed by atoms with van der Waals surface area (Å²) in [5.74, 6) is -0.462. The maximum atomic E-state index is 11.5. The summed E-state index contributed by atoms with van der Waals surface area (Å²) < 4.78 is 6.04. The van der Waals surface area contributed by atoms with E-state index in [2.05, 4.69) is 4.99 Å². The smallest absolute Gasteiger partial charge is 0.314 e. The minimum Gasteiger partial charge on any atom is -0.493 e. The number of benzene rings is 1. The molecule has 0 saturated heterocycles. The van der Waals surface area contributed by atoms with Gasteiger partial charge >= 0.3 is 5.97 Å². The number of fused-ring (bicyclic) bond motifs is 1. The molecule has 0 bridgehead atoms. The maximum absolute atomic E-state index is 11.5. The number of carbonyl (C=O) groups is 1. The molecule has 2 aliphatic rings. The number of nitrogens with two attached hydrogens (primary N) is 1. The molecule has 1 saturated carbocycles. The fourth-order valence-electron chi connectivity index (χ4n) is 3.67. The summed E-state index contributed by atoms with van der Waals surface area (Å²) in [5.41, 5.74) is 8.25. The van der Waals surface area contributed by atoms with E-state index in [0.717, 1.165) is 11.3 Å². The Balaban J connectivity index is 1.83. The highest BCUT2D eigenvalue weighted by atomic mass is 16.5. The van der Waals surface area contributed by atoms with Crippen molar-refractivity contribution in [2.45, 2.75) is 45.1 Å². The third-order valence-electron chi connectivity index (χ3n) is 4.95. The Labute approximate surface area is 136 Å². The molecule has 1 fully saturated rings. The number of carboxylic acid groups (broad SMARTS) is 1. The first-order chi connectivity index (χ1) is 11.1. The Hall–Kier alpha value is -1.88. The molecule has 1 heterocycles. The number of aliphatic imine (C=N–C) groups is 1. The highest BCUT2D eigenvalue weighted by molar-refractivity contribution is 6.04. The number of aliphatic carboxylic acids is 1. The Bertz CT molecular complexity index is 621. The molecule has 1 aliphatic carbocycles. The van der Waals surface area contributed by atoms with E-state index in [1.54, 1.807) is 6.92 Å². The van der Waals surface area contributed by atoms with Crippen molar-refractivity contribution in [1.29, 1.82) is 0 Å². The third kappa shape index (κ3) is 3.24. The second-order valence-electron chi connectivity index (χ2n) is 6.60. The van der Waals surface area contributed by atoms with Crippen LogP contribution in [0.3, 0.4) is 0 Å². The molecule has 5 nitrogen and oxygen atoms in total. The molecule has 2 atom stereocenters. The highest BCUT2D eigenvalue weighted by Gasteiger charge is 2.36. The van der Waals surface area contributed by atoms with E-state index in [9.17, 15) is 9.90 Å². The molecule has 1 aliphatic heterocycles. The topological polar surface area (TPSA) is 84.9 Å². The van der Waals surface area contributed by atoms with Crippen LogP contribution in [0.15, 0.2) is 23.2 Å². The number of hydrogen-bond donors (Lipinski definition) is 2. The van der Waals surface area contributed by atoms with E-state index in [-0.39, 0.29) is 0 Å². The molecule has 0 aromatic heterocycles. The van der Waals surface area contributed by atoms with Crippen molar-refractivity contribution in [3.05, 3.63) is 23.8 Å². The fraction of sp³-hybridized carbons (Fsp3) is 0.556. The first-order valence-electron chi connectivity index (χ1n) is 8.37. The Morgan fingerprint density at radius 3 is 2.78 bits per heavy atom. The molecular formula is C18H24N2O3. The van der Waals surface area contributed by atoms with Gasteiger partial charge in [-0.05, 0) is 37.8 Å². The van der Waals surface area contributed by atoms with Gasteiger partial charge in [-0.1, -0.05) is 25.3 Å². The van der Waals surface area contributed by atoms with Crippen molar-refractivity contribution in [2.24, 2.45) is 22.6 Å². The molecule has 1 aromatic carbocycles. The van der Waals surface area contributed by atoms with E-state index in [1.165, 1.54) is 32.1 Å². The van der Waals surface area contributed by atoms with Crippen molar-refractivity contribution in [3.63, 3.8) is 0 Å². The van der Waals surface area contributed by atoms with Gasteiger partial charge in [-0.2, -0.15) is 0 Å². The SMILES string of the molecule is CC1=Nc2cccc(OCC3CCCCC3)c2C(N)C1C(=O)O. The van der Waals surface area contributed by atoms with Crippen LogP contribution in [0.4, 0.5) is 5.69 Å². The van der Waals surface area contributed by atoms with E-state index < -0.39 is 17.9 Å². The zero-order chi connectivity index (χ0) is 16.4. The average molecular weight is 316 g/mol. The predicted molar refractivity (Wildman–Crippen MR) is 89.3 cm³/mol. The number of nitrogens with zero attached hydrogens (tertiary/aromatic N) is 1. The van der Waals surface area contributed by atoms with Crippen LogP contribution < -0.4 is 10.5 Å². The second-order valence-corrected chi connectivity index (χ2v) is 6.60. The summed E-state index contributed by atoms with van der Waals surface area (Å²) in [6.45, 7) is 2.39. The summed E-state index contributed by atoms with van der Waals surface area (Å²) >= 11 is 0. The van der Waals surface area contributed by atoms with Crippen LogP contribution in [-0.2, 0) is 4.79 Å². The van der Waals surface area contributed by atoms with Gasteiger partial charge in [-0.25, -0.2) is 0 Å². The number of rotatable bonds is 4. The highest BCUT2D eigenvalue weighted by Crippen LogP contribution is 2.41. The summed E-state index contributed by atoms with van der Waals surface area (Å²) in [4.78, 5) is 15.9. The molecule has 23 heavy (non-hydrogen) atoms. The van der Waals surface area contributed by atoms with Gasteiger partial charge in [0.25, 0.3) is 0 Å². The number of hydrogen-bond acceptors (Lipinski definition) is 4. The van der Waals surface area contributed by atoms with Crippen molar-refractivity contribution in [3.8, 4) is 5.75 Å². The van der Waals surface area contributed by atoms with Crippen molar-refractivity contribution >= 4 is 17.4 Å². The molecule has 1 aromatic rings. The molecular weight excluding hydrogens is 292 g/mol. The van der Waals surface area contributed by atoms with Gasteiger partial charge in [0.1, 0.15) is 11.7 Å². The zero-order valence-electron chi connectivity index (χ0n) is 13.5. The molecule has 3 rings (SSSR count). The molecule has 0 amide bonds. The molecule has 5 heteroatoms. The molecule has 0 radical (unpaired) electrons. The quantitative estimate of drug-likeness (QED) is 0.891. The maximum Gasteiger partial charge on any atom is 0.314 e. The van der Waals surface area contributed by atoms with Crippen LogP contribution in [0.5, 0.6) is 5.75 Å². The summed E-state index contributed by atoms with van der Waals surface area (Å²) in [5, 5.41) is 9.43. The standard InChI is InChI=1S/C18H24N2O3/c1-11-15(18(21)22)17(19)16-13(20-11)8-5-9-14(16)23-10-12-6-3-2-4-7-12/h5,8-9,12,15,17H,2-4,6-7,10,19H2,1H3,(H,21,22). The minimum atomic E-state index is -0.938. The van der Waals surface area contributed by atoms with Crippen LogP contribution in [0.2, 0.25) is 0 Å². The summed E-state index contributed by atoms with van der Waals surface area (Å²) in [6, 6.07) is 5.00. The first-order valence-corrected chi connectivity index (χ1v) is 8.37. The lowest BCUT2D eigenvalue weighted by molar-refractivity contribution is -0.140. The van der Waals surface area contributed by atoms with E-state index in [4.69, 9.17) is 10.5 Å². The van der Waals surface area contributed by atoms with Gasteiger partial charge in [-0.3, -0.25) is 9.79 Å². The fourth-order valence-corrected chi connectivity index (χ4v) is 3.67. The zero-order valence-corrected chi connectivity index (χ0v) is 13.5. The van der Waals surface area contributed by atoms with Crippen LogP contribution in [0.1, 0.15) is 50.6 Å². The Morgan fingerprint density at radius 2 is 2.09 bits per heavy atom.